The maximum absolute atomic E-state index is 12.7. The molecule has 166 valence electrons. The molecule has 0 spiro atoms. The van der Waals surface area contributed by atoms with Crippen molar-refractivity contribution in [2.45, 2.75) is 26.7 Å². The molecule has 1 aliphatic rings. The highest BCUT2D eigenvalue weighted by Crippen LogP contribution is 2.23. The van der Waals surface area contributed by atoms with Crippen LogP contribution in [0.4, 0.5) is 5.82 Å². The van der Waals surface area contributed by atoms with E-state index in [-0.39, 0.29) is 18.4 Å². The monoisotopic (exact) mass is 425 g/mol. The number of carbonyl (C=O) groups is 2. The molecular formula is C23H31N5O3. The van der Waals surface area contributed by atoms with Crippen LogP contribution in [0.2, 0.25) is 0 Å². The van der Waals surface area contributed by atoms with Gasteiger partial charge in [0, 0.05) is 44.7 Å². The Labute approximate surface area is 183 Å². The van der Waals surface area contributed by atoms with E-state index in [0.29, 0.717) is 32.6 Å². The molecule has 0 saturated carbocycles. The zero-order valence-corrected chi connectivity index (χ0v) is 18.6. The molecule has 8 nitrogen and oxygen atoms in total. The van der Waals surface area contributed by atoms with Crippen LogP contribution >= 0.6 is 0 Å². The second-order valence-electron chi connectivity index (χ2n) is 7.49. The van der Waals surface area contributed by atoms with Crippen molar-refractivity contribution in [3.63, 3.8) is 0 Å². The Kier molecular flexibility index (Phi) is 7.81. The van der Waals surface area contributed by atoms with Crippen molar-refractivity contribution in [2.24, 2.45) is 0 Å². The van der Waals surface area contributed by atoms with Gasteiger partial charge in [0.15, 0.2) is 5.82 Å². The Hall–Kier alpha value is -3.16. The summed E-state index contributed by atoms with van der Waals surface area (Å²) in [6.07, 6.45) is 1.26. The molecular weight excluding hydrogens is 394 g/mol. The molecule has 3 rings (SSSR count). The number of hydrogen-bond acceptors (Lipinski definition) is 6. The molecule has 2 aromatic rings. The fourth-order valence-corrected chi connectivity index (χ4v) is 3.69. The first-order valence-corrected chi connectivity index (χ1v) is 10.8. The average Bonchev–Trinajstić information content (AvgIpc) is 3.08. The van der Waals surface area contributed by atoms with Gasteiger partial charge in [-0.25, -0.2) is 0 Å². The molecule has 1 saturated heterocycles. The van der Waals surface area contributed by atoms with Gasteiger partial charge >= 0.3 is 0 Å². The molecule has 8 heteroatoms. The van der Waals surface area contributed by atoms with Crippen LogP contribution in [0.5, 0.6) is 5.75 Å². The lowest BCUT2D eigenvalue weighted by Gasteiger charge is -2.26. The van der Waals surface area contributed by atoms with Crippen LogP contribution in [0.3, 0.4) is 0 Å². The van der Waals surface area contributed by atoms with E-state index in [1.165, 1.54) is 0 Å². The molecule has 0 aliphatic carbocycles. The third-order valence-electron chi connectivity index (χ3n) is 5.55. The molecule has 0 unspecified atom stereocenters. The van der Waals surface area contributed by atoms with E-state index < -0.39 is 0 Å². The summed E-state index contributed by atoms with van der Waals surface area (Å²) in [6, 6.07) is 11.7. The molecule has 2 heterocycles. The highest BCUT2D eigenvalue weighted by molar-refractivity contribution is 5.84. The fraction of sp³-hybridized carbons (Fsp3) is 0.478. The van der Waals surface area contributed by atoms with E-state index >= 15 is 0 Å². The summed E-state index contributed by atoms with van der Waals surface area (Å²) in [4.78, 5) is 30.3. The molecule has 2 amide bonds. The maximum Gasteiger partial charge on any atom is 0.242 e. The number of aromatic nitrogens is 2. The molecule has 0 bridgehead atoms. The summed E-state index contributed by atoms with van der Waals surface area (Å²) in [7, 11) is 1.64. The number of anilines is 1. The number of ether oxygens (including phenoxy) is 1. The first kappa shape index (κ1) is 22.5. The number of likely N-dealkylation sites (N-methyl/N-ethyl adjacent to an activating group) is 1. The normalized spacial score (nSPS) is 14.2. The number of carbonyl (C=O) groups excluding carboxylic acids is 2. The Morgan fingerprint density at radius 3 is 2.58 bits per heavy atom. The molecule has 1 fully saturated rings. The van der Waals surface area contributed by atoms with Crippen molar-refractivity contribution in [1.82, 2.24) is 20.0 Å². The van der Waals surface area contributed by atoms with Gasteiger partial charge in [-0.05, 0) is 37.6 Å². The number of nitrogens with zero attached hydrogens (tertiary/aromatic N) is 5. The van der Waals surface area contributed by atoms with Crippen molar-refractivity contribution in [1.29, 1.82) is 0 Å². The third-order valence-corrected chi connectivity index (χ3v) is 5.55. The number of methoxy groups -OCH3 is 1. The minimum Gasteiger partial charge on any atom is -0.497 e. The van der Waals surface area contributed by atoms with Crippen LogP contribution in [0.25, 0.3) is 11.3 Å². The summed E-state index contributed by atoms with van der Waals surface area (Å²) in [5, 5.41) is 8.81. The third kappa shape index (κ3) is 5.71. The van der Waals surface area contributed by atoms with Gasteiger partial charge in [0.2, 0.25) is 11.8 Å². The zero-order valence-electron chi connectivity index (χ0n) is 18.6. The van der Waals surface area contributed by atoms with Crippen LogP contribution in [-0.2, 0) is 9.59 Å². The SMILES string of the molecule is CCC(=O)N(CC)CC(=O)N1CCCN(c2ccc(-c3cccc(OC)c3)nn2)CC1. The topological polar surface area (TPSA) is 78.9 Å². The summed E-state index contributed by atoms with van der Waals surface area (Å²) in [6.45, 7) is 7.21. The minimum absolute atomic E-state index is 0.00459. The Balaban J connectivity index is 1.61. The number of benzene rings is 1. The molecule has 0 atom stereocenters. The number of hydrogen-bond donors (Lipinski definition) is 0. The quantitative estimate of drug-likeness (QED) is 0.678. The fourth-order valence-electron chi connectivity index (χ4n) is 3.69. The van der Waals surface area contributed by atoms with Gasteiger partial charge < -0.3 is 19.4 Å². The Bertz CT molecular complexity index is 887. The second kappa shape index (κ2) is 10.7. The van der Waals surface area contributed by atoms with Gasteiger partial charge in [-0.3, -0.25) is 9.59 Å². The Morgan fingerprint density at radius 1 is 1.06 bits per heavy atom. The van der Waals surface area contributed by atoms with Crippen LogP contribution in [-0.4, -0.2) is 78.2 Å². The molecule has 1 aromatic carbocycles. The summed E-state index contributed by atoms with van der Waals surface area (Å²) >= 11 is 0. The van der Waals surface area contributed by atoms with Crippen molar-refractivity contribution >= 4 is 17.6 Å². The van der Waals surface area contributed by atoms with E-state index in [0.717, 1.165) is 35.8 Å². The lowest BCUT2D eigenvalue weighted by atomic mass is 10.1. The molecule has 31 heavy (non-hydrogen) atoms. The van der Waals surface area contributed by atoms with Crippen molar-refractivity contribution in [3.05, 3.63) is 36.4 Å². The highest BCUT2D eigenvalue weighted by atomic mass is 16.5. The second-order valence-corrected chi connectivity index (χ2v) is 7.49. The lowest BCUT2D eigenvalue weighted by Crippen LogP contribution is -2.44. The van der Waals surface area contributed by atoms with Crippen LogP contribution in [0.1, 0.15) is 26.7 Å². The smallest absolute Gasteiger partial charge is 0.242 e. The van der Waals surface area contributed by atoms with Gasteiger partial charge in [-0.2, -0.15) is 0 Å². The number of rotatable bonds is 7. The van der Waals surface area contributed by atoms with Gasteiger partial charge in [0.1, 0.15) is 5.75 Å². The van der Waals surface area contributed by atoms with Crippen molar-refractivity contribution in [3.8, 4) is 17.0 Å². The molecule has 1 aromatic heterocycles. The predicted molar refractivity (Wildman–Crippen MR) is 120 cm³/mol. The van der Waals surface area contributed by atoms with E-state index in [2.05, 4.69) is 15.1 Å². The van der Waals surface area contributed by atoms with Crippen LogP contribution in [0.15, 0.2) is 36.4 Å². The largest absolute Gasteiger partial charge is 0.497 e. The van der Waals surface area contributed by atoms with E-state index in [4.69, 9.17) is 4.74 Å². The maximum atomic E-state index is 12.7. The van der Waals surface area contributed by atoms with Gasteiger partial charge in [0.25, 0.3) is 0 Å². The van der Waals surface area contributed by atoms with Gasteiger partial charge in [-0.1, -0.05) is 19.1 Å². The number of amides is 2. The standard InChI is InChI=1S/C23H31N5O3/c1-4-22(29)26(5-2)17-23(30)28-13-7-12-27(14-15-28)21-11-10-20(24-25-21)18-8-6-9-19(16-18)31-3/h6,8-11,16H,4-5,7,12-15,17H2,1-3H3. The minimum atomic E-state index is 0.00459. The van der Waals surface area contributed by atoms with Gasteiger partial charge in [0.05, 0.1) is 19.3 Å². The van der Waals surface area contributed by atoms with Gasteiger partial charge in [-0.15, -0.1) is 10.2 Å². The summed E-state index contributed by atoms with van der Waals surface area (Å²) < 4.78 is 5.28. The Morgan fingerprint density at radius 2 is 1.90 bits per heavy atom. The highest BCUT2D eigenvalue weighted by Gasteiger charge is 2.23. The molecule has 1 aliphatic heterocycles. The molecule has 0 N–H and O–H groups in total. The zero-order chi connectivity index (χ0) is 22.2. The van der Waals surface area contributed by atoms with Crippen molar-refractivity contribution < 1.29 is 14.3 Å². The summed E-state index contributed by atoms with van der Waals surface area (Å²) in [5.74, 6) is 1.60. The predicted octanol–water partition coefficient (Wildman–Crippen LogP) is 2.45. The first-order valence-electron chi connectivity index (χ1n) is 10.8. The summed E-state index contributed by atoms with van der Waals surface area (Å²) in [5.41, 5.74) is 1.74. The van der Waals surface area contributed by atoms with Crippen LogP contribution in [0, 0.1) is 0 Å². The first-order chi connectivity index (χ1) is 15.0. The van der Waals surface area contributed by atoms with E-state index in [1.54, 1.807) is 12.0 Å². The van der Waals surface area contributed by atoms with E-state index in [9.17, 15) is 9.59 Å². The van der Waals surface area contributed by atoms with Crippen LogP contribution < -0.4 is 9.64 Å². The lowest BCUT2D eigenvalue weighted by molar-refractivity contribution is -0.140. The average molecular weight is 426 g/mol. The molecule has 0 radical (unpaired) electrons. The van der Waals surface area contributed by atoms with Crippen molar-refractivity contribution in [2.75, 3.05) is 51.3 Å². The van der Waals surface area contributed by atoms with E-state index in [1.807, 2.05) is 55.1 Å².